The van der Waals surface area contributed by atoms with Crippen LogP contribution in [0.4, 0.5) is 17.3 Å². The van der Waals surface area contributed by atoms with E-state index in [0.717, 1.165) is 36.0 Å². The van der Waals surface area contributed by atoms with Gasteiger partial charge in [-0.25, -0.2) is 9.97 Å². The van der Waals surface area contributed by atoms with Gasteiger partial charge in [-0.15, -0.1) is 0 Å². The van der Waals surface area contributed by atoms with Gasteiger partial charge in [0, 0.05) is 27.2 Å². The third-order valence-corrected chi connectivity index (χ3v) is 4.20. The second-order valence-electron chi connectivity index (χ2n) is 6.24. The maximum atomic E-state index is 6.34. The predicted octanol–water partition coefficient (Wildman–Crippen LogP) is 2.14. The molecule has 1 aromatic heterocycles. The highest BCUT2D eigenvalue weighted by Gasteiger charge is 2.20. The molecular formula is C19H25N5O2. The molecule has 7 heteroatoms. The molecule has 2 heterocycles. The number of hydrogen-bond acceptors (Lipinski definition) is 7. The average molecular weight is 355 g/mol. The van der Waals surface area contributed by atoms with Gasteiger partial charge in [-0.3, -0.25) is 0 Å². The molecule has 1 aliphatic heterocycles. The smallest absolute Gasteiger partial charge is 0.158 e. The monoisotopic (exact) mass is 355 g/mol. The number of methoxy groups -OCH3 is 1. The minimum absolute atomic E-state index is 0.596. The number of nitrogens with zero attached hydrogens (tertiary/aromatic N) is 4. The Hall–Kier alpha value is -2.80. The van der Waals surface area contributed by atoms with Crippen molar-refractivity contribution in [2.75, 3.05) is 63.0 Å². The Labute approximate surface area is 154 Å². The maximum Gasteiger partial charge on any atom is 0.158 e. The molecule has 0 spiro atoms. The molecule has 1 fully saturated rings. The predicted molar refractivity (Wildman–Crippen MR) is 106 cm³/mol. The SMILES string of the molecule is COc1ccc(C=Cc2nc(N(C)C)c(N)c(N3CCOCC3)n2)cc1. The van der Waals surface area contributed by atoms with Gasteiger partial charge < -0.3 is 25.0 Å². The fourth-order valence-electron chi connectivity index (χ4n) is 2.78. The summed E-state index contributed by atoms with van der Waals surface area (Å²) in [6, 6.07) is 7.83. The van der Waals surface area contributed by atoms with Crippen molar-refractivity contribution in [1.29, 1.82) is 0 Å². The summed E-state index contributed by atoms with van der Waals surface area (Å²) >= 11 is 0. The number of aromatic nitrogens is 2. The van der Waals surface area contributed by atoms with Crippen molar-refractivity contribution in [2.45, 2.75) is 0 Å². The normalized spacial score (nSPS) is 14.7. The maximum absolute atomic E-state index is 6.34. The lowest BCUT2D eigenvalue weighted by atomic mass is 10.2. The van der Waals surface area contributed by atoms with Gasteiger partial charge in [0.05, 0.1) is 20.3 Å². The molecule has 2 aromatic rings. The number of anilines is 3. The molecule has 1 saturated heterocycles. The highest BCUT2D eigenvalue weighted by Crippen LogP contribution is 2.30. The topological polar surface area (TPSA) is 76.7 Å². The molecule has 26 heavy (non-hydrogen) atoms. The Bertz CT molecular complexity index is 768. The zero-order chi connectivity index (χ0) is 18.5. The van der Waals surface area contributed by atoms with E-state index in [1.807, 2.05) is 55.4 Å². The Kier molecular flexibility index (Phi) is 5.58. The first-order valence-electron chi connectivity index (χ1n) is 8.58. The van der Waals surface area contributed by atoms with Crippen LogP contribution in [0.1, 0.15) is 11.4 Å². The molecule has 138 valence electrons. The Morgan fingerprint density at radius 2 is 1.81 bits per heavy atom. The van der Waals surface area contributed by atoms with Crippen LogP contribution >= 0.6 is 0 Å². The lowest BCUT2D eigenvalue weighted by Gasteiger charge is -2.30. The van der Waals surface area contributed by atoms with Crippen molar-refractivity contribution in [1.82, 2.24) is 9.97 Å². The fraction of sp³-hybridized carbons (Fsp3) is 0.368. The number of morpholine rings is 1. The standard InChI is InChI=1S/C19H25N5O2/c1-23(2)18-17(20)19(24-10-12-26-13-11-24)22-16(21-18)9-6-14-4-7-15(25-3)8-5-14/h4-9H,10-13,20H2,1-3H3. The van der Waals surface area contributed by atoms with E-state index in [-0.39, 0.29) is 0 Å². The van der Waals surface area contributed by atoms with Crippen LogP contribution in [-0.2, 0) is 4.74 Å². The first-order chi connectivity index (χ1) is 12.6. The summed E-state index contributed by atoms with van der Waals surface area (Å²) in [7, 11) is 5.51. The molecule has 1 aromatic carbocycles. The summed E-state index contributed by atoms with van der Waals surface area (Å²) in [5, 5.41) is 0. The summed E-state index contributed by atoms with van der Waals surface area (Å²) < 4.78 is 10.6. The van der Waals surface area contributed by atoms with Gasteiger partial charge in [-0.1, -0.05) is 18.2 Å². The first kappa shape index (κ1) is 18.0. The minimum atomic E-state index is 0.596. The van der Waals surface area contributed by atoms with Gasteiger partial charge in [0.25, 0.3) is 0 Å². The summed E-state index contributed by atoms with van der Waals surface area (Å²) in [5.41, 5.74) is 7.98. The van der Waals surface area contributed by atoms with E-state index in [4.69, 9.17) is 15.2 Å². The summed E-state index contributed by atoms with van der Waals surface area (Å²) in [6.07, 6.45) is 3.88. The van der Waals surface area contributed by atoms with Crippen LogP contribution < -0.4 is 20.3 Å². The van der Waals surface area contributed by atoms with E-state index in [2.05, 4.69) is 14.9 Å². The van der Waals surface area contributed by atoms with Gasteiger partial charge >= 0.3 is 0 Å². The van der Waals surface area contributed by atoms with E-state index in [1.54, 1.807) is 7.11 Å². The van der Waals surface area contributed by atoms with Crippen molar-refractivity contribution in [3.05, 3.63) is 35.7 Å². The van der Waals surface area contributed by atoms with Crippen LogP contribution in [0, 0.1) is 0 Å². The molecule has 0 unspecified atom stereocenters. The molecule has 7 nitrogen and oxygen atoms in total. The van der Waals surface area contributed by atoms with Gasteiger partial charge in [0.15, 0.2) is 17.5 Å². The second-order valence-corrected chi connectivity index (χ2v) is 6.24. The van der Waals surface area contributed by atoms with Gasteiger partial charge in [0.1, 0.15) is 11.4 Å². The summed E-state index contributed by atoms with van der Waals surface area (Å²) in [5.74, 6) is 2.94. The fourth-order valence-corrected chi connectivity index (χ4v) is 2.78. The molecule has 3 rings (SSSR count). The number of benzene rings is 1. The Morgan fingerprint density at radius 1 is 1.12 bits per heavy atom. The van der Waals surface area contributed by atoms with E-state index >= 15 is 0 Å². The van der Waals surface area contributed by atoms with Crippen LogP contribution in [0.5, 0.6) is 5.75 Å². The minimum Gasteiger partial charge on any atom is -0.497 e. The first-order valence-corrected chi connectivity index (χ1v) is 8.58. The zero-order valence-electron chi connectivity index (χ0n) is 15.5. The summed E-state index contributed by atoms with van der Waals surface area (Å²) in [4.78, 5) is 13.3. The van der Waals surface area contributed by atoms with E-state index in [0.29, 0.717) is 24.7 Å². The van der Waals surface area contributed by atoms with Gasteiger partial charge in [-0.2, -0.15) is 0 Å². The molecule has 0 aliphatic carbocycles. The highest BCUT2D eigenvalue weighted by molar-refractivity contribution is 5.78. The van der Waals surface area contributed by atoms with Crippen molar-refractivity contribution < 1.29 is 9.47 Å². The Morgan fingerprint density at radius 3 is 2.42 bits per heavy atom. The number of rotatable bonds is 5. The average Bonchev–Trinajstić information content (AvgIpc) is 2.68. The van der Waals surface area contributed by atoms with Crippen LogP contribution in [0.3, 0.4) is 0 Å². The van der Waals surface area contributed by atoms with Crippen LogP contribution in [0.2, 0.25) is 0 Å². The highest BCUT2D eigenvalue weighted by atomic mass is 16.5. The quantitative estimate of drug-likeness (QED) is 0.880. The van der Waals surface area contributed by atoms with Crippen molar-refractivity contribution in [3.63, 3.8) is 0 Å². The van der Waals surface area contributed by atoms with Crippen molar-refractivity contribution >= 4 is 29.5 Å². The summed E-state index contributed by atoms with van der Waals surface area (Å²) in [6.45, 7) is 2.90. The molecular weight excluding hydrogens is 330 g/mol. The molecule has 0 amide bonds. The number of nitrogens with two attached hydrogens (primary N) is 1. The number of nitrogen functional groups attached to an aromatic ring is 1. The Balaban J connectivity index is 1.92. The van der Waals surface area contributed by atoms with Gasteiger partial charge in [-0.05, 0) is 23.8 Å². The van der Waals surface area contributed by atoms with E-state index in [1.165, 1.54) is 0 Å². The van der Waals surface area contributed by atoms with Crippen LogP contribution in [0.25, 0.3) is 12.2 Å². The van der Waals surface area contributed by atoms with Crippen molar-refractivity contribution in [3.8, 4) is 5.75 Å². The molecule has 0 radical (unpaired) electrons. The number of ether oxygens (including phenoxy) is 2. The third kappa shape index (κ3) is 4.05. The van der Waals surface area contributed by atoms with Crippen LogP contribution in [0.15, 0.2) is 24.3 Å². The van der Waals surface area contributed by atoms with Crippen LogP contribution in [-0.4, -0.2) is 57.5 Å². The molecule has 2 N–H and O–H groups in total. The second kappa shape index (κ2) is 8.05. The van der Waals surface area contributed by atoms with E-state index < -0.39 is 0 Å². The van der Waals surface area contributed by atoms with E-state index in [9.17, 15) is 0 Å². The molecule has 1 aliphatic rings. The molecule has 0 bridgehead atoms. The molecule has 0 saturated carbocycles. The lowest BCUT2D eigenvalue weighted by molar-refractivity contribution is 0.122. The van der Waals surface area contributed by atoms with Crippen molar-refractivity contribution in [2.24, 2.45) is 0 Å². The van der Waals surface area contributed by atoms with Gasteiger partial charge in [0.2, 0.25) is 0 Å². The third-order valence-electron chi connectivity index (χ3n) is 4.20. The lowest BCUT2D eigenvalue weighted by Crippen LogP contribution is -2.37. The largest absolute Gasteiger partial charge is 0.497 e. The molecule has 0 atom stereocenters. The number of hydrogen-bond donors (Lipinski definition) is 1. The zero-order valence-corrected chi connectivity index (χ0v) is 15.5.